The first kappa shape index (κ1) is 11.5. The van der Waals surface area contributed by atoms with Gasteiger partial charge in [0.2, 0.25) is 0 Å². The molecule has 0 aliphatic carbocycles. The van der Waals surface area contributed by atoms with Gasteiger partial charge in [0.1, 0.15) is 0 Å². The summed E-state index contributed by atoms with van der Waals surface area (Å²) in [5.41, 5.74) is -0.502. The number of carboxylic acids is 1. The minimum absolute atomic E-state index is 0.0625. The van der Waals surface area contributed by atoms with Crippen LogP contribution in [0, 0.1) is 0 Å². The molecule has 82 valence electrons. The van der Waals surface area contributed by atoms with E-state index in [4.69, 9.17) is 14.6 Å². The summed E-state index contributed by atoms with van der Waals surface area (Å²) in [6.45, 7) is 5.05. The highest BCUT2D eigenvalue weighted by molar-refractivity contribution is 5.68. The summed E-state index contributed by atoms with van der Waals surface area (Å²) in [6, 6.07) is 0. The Balaban J connectivity index is 2.61. The first-order valence-corrected chi connectivity index (χ1v) is 5.01. The summed E-state index contributed by atoms with van der Waals surface area (Å²) in [5, 5.41) is 8.82. The molecule has 0 radical (unpaired) electrons. The zero-order chi connectivity index (χ0) is 10.6. The quantitative estimate of drug-likeness (QED) is 0.749. The molecule has 0 saturated carbocycles. The first-order valence-electron chi connectivity index (χ1n) is 5.01. The molecule has 4 nitrogen and oxygen atoms in total. The molecule has 14 heavy (non-hydrogen) atoms. The molecule has 1 aliphatic heterocycles. The van der Waals surface area contributed by atoms with E-state index >= 15 is 0 Å². The molecule has 0 amide bonds. The van der Waals surface area contributed by atoms with Gasteiger partial charge in [-0.25, -0.2) is 0 Å². The highest BCUT2D eigenvalue weighted by Gasteiger charge is 2.36. The Bertz CT molecular complexity index is 194. The summed E-state index contributed by atoms with van der Waals surface area (Å²) in [4.78, 5) is 10.7. The van der Waals surface area contributed by atoms with Gasteiger partial charge in [0.15, 0.2) is 0 Å². The number of aliphatic carboxylic acids is 1. The Morgan fingerprint density at radius 2 is 2.07 bits per heavy atom. The van der Waals surface area contributed by atoms with Crippen molar-refractivity contribution in [2.75, 3.05) is 13.2 Å². The van der Waals surface area contributed by atoms with Gasteiger partial charge in [-0.1, -0.05) is 0 Å². The lowest BCUT2D eigenvalue weighted by Crippen LogP contribution is -2.42. The molecule has 0 aromatic rings. The molecular weight excluding hydrogens is 184 g/mol. The second-order valence-electron chi connectivity index (χ2n) is 4.03. The summed E-state index contributed by atoms with van der Waals surface area (Å²) >= 11 is 0. The van der Waals surface area contributed by atoms with Gasteiger partial charge in [-0.05, 0) is 13.8 Å². The molecule has 1 heterocycles. The Hall–Kier alpha value is -0.610. The smallest absolute Gasteiger partial charge is 0.306 e. The van der Waals surface area contributed by atoms with Crippen LogP contribution in [0.5, 0.6) is 0 Å². The number of carbonyl (C=O) groups is 1. The third kappa shape index (κ3) is 3.27. The Morgan fingerprint density at radius 3 is 2.50 bits per heavy atom. The van der Waals surface area contributed by atoms with Crippen LogP contribution in [-0.4, -0.2) is 36.0 Å². The summed E-state index contributed by atoms with van der Waals surface area (Å²) < 4.78 is 10.9. The molecule has 1 saturated heterocycles. The van der Waals surface area contributed by atoms with E-state index in [-0.39, 0.29) is 12.5 Å². The fourth-order valence-electron chi connectivity index (χ4n) is 1.86. The highest BCUT2D eigenvalue weighted by Crippen LogP contribution is 2.30. The van der Waals surface area contributed by atoms with E-state index in [0.29, 0.717) is 26.1 Å². The second-order valence-corrected chi connectivity index (χ2v) is 4.03. The topological polar surface area (TPSA) is 55.8 Å². The van der Waals surface area contributed by atoms with Crippen molar-refractivity contribution in [1.29, 1.82) is 0 Å². The van der Waals surface area contributed by atoms with Crippen LogP contribution in [0.2, 0.25) is 0 Å². The van der Waals surface area contributed by atoms with E-state index in [1.54, 1.807) is 0 Å². The fourth-order valence-corrected chi connectivity index (χ4v) is 1.86. The highest BCUT2D eigenvalue weighted by atomic mass is 16.5. The van der Waals surface area contributed by atoms with Gasteiger partial charge >= 0.3 is 5.97 Å². The van der Waals surface area contributed by atoms with Gasteiger partial charge in [0, 0.05) is 26.1 Å². The summed E-state index contributed by atoms with van der Waals surface area (Å²) in [6.07, 6.45) is 1.50. The van der Waals surface area contributed by atoms with E-state index in [2.05, 4.69) is 0 Å². The normalized spacial score (nSPS) is 21.1. The molecular formula is C10H18O4. The number of carboxylic acid groups (broad SMARTS) is 1. The van der Waals surface area contributed by atoms with Crippen LogP contribution in [-0.2, 0) is 14.3 Å². The monoisotopic (exact) mass is 202 g/mol. The van der Waals surface area contributed by atoms with Crippen molar-refractivity contribution in [2.45, 2.75) is 44.8 Å². The molecule has 1 N–H and O–H groups in total. The maximum atomic E-state index is 10.7. The predicted molar refractivity (Wildman–Crippen MR) is 51.3 cm³/mol. The molecule has 0 unspecified atom stereocenters. The number of ether oxygens (including phenoxy) is 2. The van der Waals surface area contributed by atoms with E-state index in [1.165, 1.54) is 0 Å². The maximum Gasteiger partial charge on any atom is 0.306 e. The first-order chi connectivity index (χ1) is 6.54. The Labute approximate surface area is 84.2 Å². The second kappa shape index (κ2) is 4.75. The molecule has 0 spiro atoms. The lowest BCUT2D eigenvalue weighted by molar-refractivity contribution is -0.162. The van der Waals surface area contributed by atoms with Crippen molar-refractivity contribution < 1.29 is 19.4 Å². The molecule has 1 aliphatic rings. The van der Waals surface area contributed by atoms with Crippen molar-refractivity contribution in [1.82, 2.24) is 0 Å². The van der Waals surface area contributed by atoms with Crippen LogP contribution < -0.4 is 0 Å². The number of rotatable bonds is 4. The molecule has 0 atom stereocenters. The van der Waals surface area contributed by atoms with Gasteiger partial charge < -0.3 is 14.6 Å². The Morgan fingerprint density at radius 1 is 1.50 bits per heavy atom. The Kier molecular flexibility index (Phi) is 3.89. The maximum absolute atomic E-state index is 10.7. The zero-order valence-corrected chi connectivity index (χ0v) is 8.78. The van der Waals surface area contributed by atoms with Crippen LogP contribution in [0.15, 0.2) is 0 Å². The molecule has 0 bridgehead atoms. The fraction of sp³-hybridized carbons (Fsp3) is 0.900. The molecule has 0 aromatic heterocycles. The van der Waals surface area contributed by atoms with Gasteiger partial charge in [-0.2, -0.15) is 0 Å². The van der Waals surface area contributed by atoms with E-state index in [1.807, 2.05) is 13.8 Å². The third-order valence-electron chi connectivity index (χ3n) is 2.36. The van der Waals surface area contributed by atoms with E-state index < -0.39 is 11.6 Å². The molecule has 1 rings (SSSR count). The minimum Gasteiger partial charge on any atom is -0.481 e. The summed E-state index contributed by atoms with van der Waals surface area (Å²) in [7, 11) is 0. The van der Waals surface area contributed by atoms with Crippen LogP contribution in [0.3, 0.4) is 0 Å². The standard InChI is InChI=1S/C10H18O4/c1-8(2)14-10(7-9(11)12)3-5-13-6-4-10/h8H,3-7H2,1-2H3,(H,11,12). The van der Waals surface area contributed by atoms with Crippen molar-refractivity contribution in [3.8, 4) is 0 Å². The van der Waals surface area contributed by atoms with Gasteiger partial charge in [-0.15, -0.1) is 0 Å². The van der Waals surface area contributed by atoms with Crippen LogP contribution in [0.4, 0.5) is 0 Å². The van der Waals surface area contributed by atoms with Crippen LogP contribution in [0.1, 0.15) is 33.1 Å². The van der Waals surface area contributed by atoms with Gasteiger partial charge in [0.05, 0.1) is 18.1 Å². The predicted octanol–water partition coefficient (Wildman–Crippen LogP) is 1.44. The number of hydrogen-bond acceptors (Lipinski definition) is 3. The number of hydrogen-bond donors (Lipinski definition) is 1. The lowest BCUT2D eigenvalue weighted by Gasteiger charge is -2.37. The van der Waals surface area contributed by atoms with Gasteiger partial charge in [0.25, 0.3) is 0 Å². The average Bonchev–Trinajstić information content (AvgIpc) is 2.01. The largest absolute Gasteiger partial charge is 0.481 e. The van der Waals surface area contributed by atoms with Gasteiger partial charge in [-0.3, -0.25) is 4.79 Å². The molecule has 0 aromatic carbocycles. The zero-order valence-electron chi connectivity index (χ0n) is 8.78. The average molecular weight is 202 g/mol. The van der Waals surface area contributed by atoms with Crippen molar-refractivity contribution in [2.24, 2.45) is 0 Å². The van der Waals surface area contributed by atoms with Crippen molar-refractivity contribution in [3.05, 3.63) is 0 Å². The molecule has 1 fully saturated rings. The summed E-state index contributed by atoms with van der Waals surface area (Å²) in [5.74, 6) is -0.799. The lowest BCUT2D eigenvalue weighted by atomic mass is 9.90. The van der Waals surface area contributed by atoms with E-state index in [0.717, 1.165) is 0 Å². The van der Waals surface area contributed by atoms with E-state index in [9.17, 15) is 4.79 Å². The van der Waals surface area contributed by atoms with Crippen LogP contribution >= 0.6 is 0 Å². The third-order valence-corrected chi connectivity index (χ3v) is 2.36. The minimum atomic E-state index is -0.799. The molecule has 4 heteroatoms. The van der Waals surface area contributed by atoms with Crippen molar-refractivity contribution in [3.63, 3.8) is 0 Å². The van der Waals surface area contributed by atoms with Crippen LogP contribution in [0.25, 0.3) is 0 Å². The van der Waals surface area contributed by atoms with Crippen molar-refractivity contribution >= 4 is 5.97 Å². The SMILES string of the molecule is CC(C)OC1(CC(=O)O)CCOCC1.